The highest BCUT2D eigenvalue weighted by molar-refractivity contribution is 5.74. The highest BCUT2D eigenvalue weighted by atomic mass is 16.3. The summed E-state index contributed by atoms with van der Waals surface area (Å²) >= 11 is 0. The number of hydrogen-bond donors (Lipinski definition) is 2. The molecule has 0 aliphatic heterocycles. The maximum Gasteiger partial charge on any atom is 0.143 e. The number of allylic oxidation sites excluding steroid dienone is 2. The number of nitrogens with two attached hydrogens (primary N) is 1. The second-order valence-corrected chi connectivity index (χ2v) is 3.50. The van der Waals surface area contributed by atoms with Crippen molar-refractivity contribution in [1.82, 2.24) is 0 Å². The van der Waals surface area contributed by atoms with Crippen molar-refractivity contribution < 1.29 is 5.11 Å². The van der Waals surface area contributed by atoms with E-state index in [1.807, 2.05) is 48.6 Å². The van der Waals surface area contributed by atoms with Gasteiger partial charge < -0.3 is 5.11 Å². The lowest BCUT2D eigenvalue weighted by Crippen LogP contribution is -2.41. The Bertz CT molecular complexity index is 377. The molecule has 72 valence electrons. The molecule has 1 aliphatic rings. The van der Waals surface area contributed by atoms with Crippen LogP contribution in [0, 0.1) is 0 Å². The van der Waals surface area contributed by atoms with Crippen LogP contribution in [-0.2, 0) is 0 Å². The molecule has 0 saturated heterocycles. The van der Waals surface area contributed by atoms with E-state index < -0.39 is 5.72 Å². The fourth-order valence-corrected chi connectivity index (χ4v) is 1.63. The predicted molar refractivity (Wildman–Crippen MR) is 57.3 cm³/mol. The first-order chi connectivity index (χ1) is 6.70. The van der Waals surface area contributed by atoms with E-state index >= 15 is 0 Å². The molecule has 14 heavy (non-hydrogen) atoms. The van der Waals surface area contributed by atoms with Crippen LogP contribution in [0.3, 0.4) is 0 Å². The molecule has 0 spiro atoms. The van der Waals surface area contributed by atoms with Crippen LogP contribution in [0.4, 0.5) is 0 Å². The number of aliphatic hydroxyl groups is 1. The zero-order valence-electron chi connectivity index (χ0n) is 7.85. The maximum atomic E-state index is 9.95. The van der Waals surface area contributed by atoms with Gasteiger partial charge in [-0.3, -0.25) is 5.73 Å². The minimum atomic E-state index is -1.23. The van der Waals surface area contributed by atoms with Crippen molar-refractivity contribution in [3.63, 3.8) is 0 Å². The molecule has 1 aromatic rings. The Morgan fingerprint density at radius 3 is 2.57 bits per heavy atom. The van der Waals surface area contributed by atoms with Gasteiger partial charge in [-0.25, -0.2) is 0 Å². The van der Waals surface area contributed by atoms with Gasteiger partial charge in [-0.05, 0) is 5.56 Å². The molecule has 0 amide bonds. The largest absolute Gasteiger partial charge is 0.371 e. The fourth-order valence-electron chi connectivity index (χ4n) is 1.63. The SMILES string of the molecule is NC1(O)CC=CC=C1c1ccccc1. The molecule has 1 atom stereocenters. The lowest BCUT2D eigenvalue weighted by atomic mass is 9.90. The fraction of sp³-hybridized carbons (Fsp3) is 0.167. The van der Waals surface area contributed by atoms with Crippen molar-refractivity contribution >= 4 is 5.57 Å². The van der Waals surface area contributed by atoms with Crippen LogP contribution in [0.1, 0.15) is 12.0 Å². The summed E-state index contributed by atoms with van der Waals surface area (Å²) in [5.74, 6) is 0. The summed E-state index contributed by atoms with van der Waals surface area (Å²) in [6, 6.07) is 9.71. The first-order valence-corrected chi connectivity index (χ1v) is 4.64. The first kappa shape index (κ1) is 9.19. The summed E-state index contributed by atoms with van der Waals surface area (Å²) in [5, 5.41) is 9.95. The summed E-state index contributed by atoms with van der Waals surface area (Å²) in [6.45, 7) is 0. The molecule has 2 heteroatoms. The number of benzene rings is 1. The molecule has 3 N–H and O–H groups in total. The predicted octanol–water partition coefficient (Wildman–Crippen LogP) is 1.68. The highest BCUT2D eigenvalue weighted by Crippen LogP contribution is 2.28. The van der Waals surface area contributed by atoms with Gasteiger partial charge in [0.1, 0.15) is 5.72 Å². The van der Waals surface area contributed by atoms with E-state index in [9.17, 15) is 5.11 Å². The van der Waals surface area contributed by atoms with Crippen LogP contribution < -0.4 is 5.73 Å². The average Bonchev–Trinajstić information content (AvgIpc) is 2.18. The van der Waals surface area contributed by atoms with E-state index in [1.54, 1.807) is 0 Å². The van der Waals surface area contributed by atoms with Gasteiger partial charge in [-0.2, -0.15) is 0 Å². The van der Waals surface area contributed by atoms with E-state index in [4.69, 9.17) is 5.73 Å². The Kier molecular flexibility index (Phi) is 2.23. The highest BCUT2D eigenvalue weighted by Gasteiger charge is 2.27. The minimum absolute atomic E-state index is 0.466. The van der Waals surface area contributed by atoms with Crippen LogP contribution in [0.15, 0.2) is 48.6 Å². The molecule has 1 unspecified atom stereocenters. The van der Waals surface area contributed by atoms with Gasteiger partial charge in [0.05, 0.1) is 0 Å². The van der Waals surface area contributed by atoms with Crippen LogP contribution in [0.25, 0.3) is 5.57 Å². The second-order valence-electron chi connectivity index (χ2n) is 3.50. The summed E-state index contributed by atoms with van der Waals surface area (Å²) in [4.78, 5) is 0. The summed E-state index contributed by atoms with van der Waals surface area (Å²) < 4.78 is 0. The Labute approximate surface area is 83.4 Å². The van der Waals surface area contributed by atoms with E-state index in [1.165, 1.54) is 0 Å². The maximum absolute atomic E-state index is 9.95. The zero-order chi connectivity index (χ0) is 10.0. The van der Waals surface area contributed by atoms with Gasteiger partial charge in [-0.15, -0.1) is 0 Å². The number of hydrogen-bond acceptors (Lipinski definition) is 2. The third-order valence-corrected chi connectivity index (χ3v) is 2.38. The molecule has 0 radical (unpaired) electrons. The summed E-state index contributed by atoms with van der Waals surface area (Å²) in [7, 11) is 0. The Morgan fingerprint density at radius 1 is 1.21 bits per heavy atom. The van der Waals surface area contributed by atoms with Gasteiger partial charge in [0.15, 0.2) is 0 Å². The first-order valence-electron chi connectivity index (χ1n) is 4.64. The van der Waals surface area contributed by atoms with Crippen LogP contribution in [-0.4, -0.2) is 10.8 Å². The molecule has 1 aromatic carbocycles. The number of rotatable bonds is 1. The van der Waals surface area contributed by atoms with Gasteiger partial charge in [0, 0.05) is 12.0 Å². The molecule has 1 aliphatic carbocycles. The van der Waals surface area contributed by atoms with E-state index in [2.05, 4.69) is 0 Å². The van der Waals surface area contributed by atoms with Crippen molar-refractivity contribution in [2.24, 2.45) is 5.73 Å². The van der Waals surface area contributed by atoms with Crippen LogP contribution in [0.2, 0.25) is 0 Å². The second kappa shape index (κ2) is 3.40. The van der Waals surface area contributed by atoms with Gasteiger partial charge in [0.2, 0.25) is 0 Å². The normalized spacial score (nSPS) is 26.0. The summed E-state index contributed by atoms with van der Waals surface area (Å²) in [5.41, 5.74) is 6.32. The molecule has 2 nitrogen and oxygen atoms in total. The molecule has 0 fully saturated rings. The van der Waals surface area contributed by atoms with E-state index in [-0.39, 0.29) is 0 Å². The monoisotopic (exact) mass is 187 g/mol. The van der Waals surface area contributed by atoms with Gasteiger partial charge >= 0.3 is 0 Å². The van der Waals surface area contributed by atoms with Crippen molar-refractivity contribution in [2.75, 3.05) is 0 Å². The average molecular weight is 187 g/mol. The molecule has 0 heterocycles. The van der Waals surface area contributed by atoms with Crippen molar-refractivity contribution in [3.8, 4) is 0 Å². The Hall–Kier alpha value is -1.38. The van der Waals surface area contributed by atoms with Crippen LogP contribution >= 0.6 is 0 Å². The quantitative estimate of drug-likeness (QED) is 0.657. The topological polar surface area (TPSA) is 46.2 Å². The van der Waals surface area contributed by atoms with Gasteiger partial charge in [0.25, 0.3) is 0 Å². The smallest absolute Gasteiger partial charge is 0.143 e. The lowest BCUT2D eigenvalue weighted by molar-refractivity contribution is 0.111. The van der Waals surface area contributed by atoms with E-state index in [0.29, 0.717) is 6.42 Å². The molecular weight excluding hydrogens is 174 g/mol. The van der Waals surface area contributed by atoms with Crippen molar-refractivity contribution in [2.45, 2.75) is 12.1 Å². The zero-order valence-corrected chi connectivity index (χ0v) is 7.85. The molecular formula is C12H13NO. The van der Waals surface area contributed by atoms with Gasteiger partial charge in [-0.1, -0.05) is 48.6 Å². The minimum Gasteiger partial charge on any atom is -0.371 e. The summed E-state index contributed by atoms with van der Waals surface area (Å²) in [6.07, 6.45) is 6.11. The third-order valence-electron chi connectivity index (χ3n) is 2.38. The Balaban J connectivity index is 2.43. The van der Waals surface area contributed by atoms with E-state index in [0.717, 1.165) is 11.1 Å². The standard InChI is InChI=1S/C12H13NO/c13-12(14)9-5-4-8-11(12)10-6-2-1-3-7-10/h1-8,14H,9,13H2. The lowest BCUT2D eigenvalue weighted by Gasteiger charge is -2.27. The third kappa shape index (κ3) is 1.62. The Morgan fingerprint density at radius 2 is 1.93 bits per heavy atom. The molecule has 2 rings (SSSR count). The van der Waals surface area contributed by atoms with Crippen LogP contribution in [0.5, 0.6) is 0 Å². The molecule has 0 saturated carbocycles. The molecule has 0 bridgehead atoms. The van der Waals surface area contributed by atoms with Crippen molar-refractivity contribution in [1.29, 1.82) is 0 Å². The molecule has 0 aromatic heterocycles. The van der Waals surface area contributed by atoms with Crippen molar-refractivity contribution in [3.05, 3.63) is 54.1 Å².